The second-order valence-corrected chi connectivity index (χ2v) is 8.55. The van der Waals surface area contributed by atoms with Crippen LogP contribution in [0.5, 0.6) is 0 Å². The number of hydrogen-bond acceptors (Lipinski definition) is 5. The van der Waals surface area contributed by atoms with Gasteiger partial charge in [-0.15, -0.1) is 0 Å². The minimum Gasteiger partial charge on any atom is -0.455 e. The van der Waals surface area contributed by atoms with E-state index >= 15 is 0 Å². The molecule has 0 unspecified atom stereocenters. The van der Waals surface area contributed by atoms with Crippen molar-refractivity contribution < 1.29 is 14.1 Å². The van der Waals surface area contributed by atoms with Gasteiger partial charge in [0, 0.05) is 28.1 Å². The lowest BCUT2D eigenvalue weighted by molar-refractivity contribution is -0.384. The van der Waals surface area contributed by atoms with Crippen molar-refractivity contribution in [1.82, 2.24) is 5.43 Å². The van der Waals surface area contributed by atoms with Crippen LogP contribution in [0.4, 0.5) is 5.69 Å². The highest BCUT2D eigenvalue weighted by Gasteiger charge is 2.64. The monoisotopic (exact) mass is 445 g/mol. The second-order valence-electron chi connectivity index (χ2n) is 7.69. The van der Waals surface area contributed by atoms with Gasteiger partial charge in [-0.05, 0) is 58.3 Å². The summed E-state index contributed by atoms with van der Waals surface area (Å²) in [5.41, 5.74) is 3.49. The number of non-ortho nitro benzene ring substituents is 1. The van der Waals surface area contributed by atoms with E-state index in [-0.39, 0.29) is 22.9 Å². The Kier molecular flexibility index (Phi) is 4.82. The Hall–Kier alpha value is -2.48. The smallest absolute Gasteiger partial charge is 0.270 e. The highest BCUT2D eigenvalue weighted by molar-refractivity contribution is 9.10. The van der Waals surface area contributed by atoms with Crippen LogP contribution in [0.2, 0.25) is 0 Å². The van der Waals surface area contributed by atoms with Crippen LogP contribution in [0.1, 0.15) is 38.4 Å². The van der Waals surface area contributed by atoms with Crippen LogP contribution in [-0.2, 0) is 4.79 Å². The molecule has 146 valence electrons. The molecule has 1 aromatic heterocycles. The number of nitrogens with zero attached hydrogens (tertiary/aromatic N) is 2. The largest absolute Gasteiger partial charge is 0.455 e. The summed E-state index contributed by atoms with van der Waals surface area (Å²) in [5, 5.41) is 14.9. The van der Waals surface area contributed by atoms with Gasteiger partial charge in [0.15, 0.2) is 0 Å². The summed E-state index contributed by atoms with van der Waals surface area (Å²) in [6.07, 6.45) is 6.12. The summed E-state index contributed by atoms with van der Waals surface area (Å²) >= 11 is 3.34. The number of furan rings is 1. The minimum atomic E-state index is -0.451. The zero-order valence-corrected chi connectivity index (χ0v) is 16.9. The molecule has 2 aromatic rings. The van der Waals surface area contributed by atoms with E-state index in [0.29, 0.717) is 27.5 Å². The summed E-state index contributed by atoms with van der Waals surface area (Å²) in [6, 6.07) is 7.97. The average Bonchev–Trinajstić information content (AvgIpc) is 3.03. The molecule has 0 saturated heterocycles. The Morgan fingerprint density at radius 2 is 2.21 bits per heavy atom. The Balaban J connectivity index is 1.40. The maximum atomic E-state index is 12.4. The molecule has 2 aliphatic carbocycles. The molecule has 1 heterocycles. The fraction of sp³-hybridized carbons (Fsp3) is 0.400. The molecule has 1 amide bonds. The number of carbonyl (C=O) groups is 1. The van der Waals surface area contributed by atoms with E-state index in [9.17, 15) is 14.9 Å². The molecule has 0 radical (unpaired) electrons. The van der Waals surface area contributed by atoms with Gasteiger partial charge >= 0.3 is 0 Å². The molecule has 2 aliphatic rings. The third-order valence-electron chi connectivity index (χ3n) is 6.04. The molecular formula is C20H20BrN3O4. The standard InChI is InChI=1S/C20H20BrN3O4/c1-20-9-3-2-4-15(20)18(20)19(25)23-22-11-13-6-8-17(28-13)14-7-5-12(24(26)27)10-16(14)21/h5-8,10-11,15,18H,2-4,9H2,1H3,(H,23,25)/b22-11-/t15-,18+,20+/m0/s1. The van der Waals surface area contributed by atoms with Crippen molar-refractivity contribution in [1.29, 1.82) is 0 Å². The van der Waals surface area contributed by atoms with Crippen molar-refractivity contribution in [2.45, 2.75) is 32.6 Å². The van der Waals surface area contributed by atoms with E-state index in [1.807, 2.05) is 0 Å². The molecule has 2 saturated carbocycles. The van der Waals surface area contributed by atoms with Crippen LogP contribution in [-0.4, -0.2) is 17.0 Å². The normalized spacial score (nSPS) is 26.1. The van der Waals surface area contributed by atoms with Crippen molar-refractivity contribution in [3.8, 4) is 11.3 Å². The van der Waals surface area contributed by atoms with Gasteiger partial charge in [-0.1, -0.05) is 19.8 Å². The number of hydrogen-bond donors (Lipinski definition) is 1. The maximum absolute atomic E-state index is 12.4. The first kappa shape index (κ1) is 18.9. The van der Waals surface area contributed by atoms with Crippen molar-refractivity contribution in [3.05, 3.63) is 50.7 Å². The lowest BCUT2D eigenvalue weighted by Gasteiger charge is -2.15. The number of nitro groups is 1. The van der Waals surface area contributed by atoms with Crippen LogP contribution in [0.25, 0.3) is 11.3 Å². The first-order chi connectivity index (χ1) is 13.4. The maximum Gasteiger partial charge on any atom is 0.270 e. The SMILES string of the molecule is C[C@@]12CCCC[C@H]1[C@@H]2C(=O)N/N=C\c1ccc(-c2ccc([N+](=O)[O-])cc2Br)o1. The third kappa shape index (κ3) is 3.37. The summed E-state index contributed by atoms with van der Waals surface area (Å²) < 4.78 is 6.29. The number of hydrazone groups is 1. The summed E-state index contributed by atoms with van der Waals surface area (Å²) in [4.78, 5) is 22.8. The minimum absolute atomic E-state index is 0.000943. The first-order valence-electron chi connectivity index (χ1n) is 9.27. The molecule has 1 aromatic carbocycles. The zero-order valence-electron chi connectivity index (χ0n) is 15.4. The molecule has 0 bridgehead atoms. The van der Waals surface area contributed by atoms with Gasteiger partial charge in [0.1, 0.15) is 11.5 Å². The lowest BCUT2D eigenvalue weighted by atomic mass is 9.90. The number of rotatable bonds is 5. The predicted octanol–water partition coefficient (Wildman–Crippen LogP) is 4.89. The molecule has 1 N–H and O–H groups in total. The van der Waals surface area contributed by atoms with Crippen LogP contribution < -0.4 is 5.43 Å². The highest BCUT2D eigenvalue weighted by atomic mass is 79.9. The molecule has 28 heavy (non-hydrogen) atoms. The third-order valence-corrected chi connectivity index (χ3v) is 6.69. The van der Waals surface area contributed by atoms with Crippen molar-refractivity contribution in [2.24, 2.45) is 22.4 Å². The van der Waals surface area contributed by atoms with Gasteiger partial charge in [-0.3, -0.25) is 14.9 Å². The molecule has 2 fully saturated rings. The lowest BCUT2D eigenvalue weighted by Crippen LogP contribution is -2.22. The van der Waals surface area contributed by atoms with Gasteiger partial charge in [-0.25, -0.2) is 5.43 Å². The van der Waals surface area contributed by atoms with Crippen molar-refractivity contribution >= 4 is 33.7 Å². The van der Waals surface area contributed by atoms with Gasteiger partial charge in [0.25, 0.3) is 5.69 Å². The van der Waals surface area contributed by atoms with Crippen LogP contribution in [0, 0.1) is 27.4 Å². The fourth-order valence-corrected chi connectivity index (χ4v) is 5.03. The van der Waals surface area contributed by atoms with E-state index < -0.39 is 4.92 Å². The predicted molar refractivity (Wildman–Crippen MR) is 108 cm³/mol. The van der Waals surface area contributed by atoms with Crippen LogP contribution in [0.3, 0.4) is 0 Å². The van der Waals surface area contributed by atoms with Gasteiger partial charge < -0.3 is 4.42 Å². The molecule has 0 aliphatic heterocycles. The number of nitro benzene ring substituents is 1. The number of fused-ring (bicyclic) bond motifs is 1. The van der Waals surface area contributed by atoms with E-state index in [2.05, 4.69) is 33.4 Å². The number of benzene rings is 1. The van der Waals surface area contributed by atoms with E-state index in [1.165, 1.54) is 31.2 Å². The summed E-state index contributed by atoms with van der Waals surface area (Å²) in [5.74, 6) is 1.58. The van der Waals surface area contributed by atoms with Crippen LogP contribution >= 0.6 is 15.9 Å². The molecule has 3 atom stereocenters. The van der Waals surface area contributed by atoms with Gasteiger partial charge in [0.05, 0.1) is 11.1 Å². The average molecular weight is 446 g/mol. The van der Waals surface area contributed by atoms with Crippen molar-refractivity contribution in [3.63, 3.8) is 0 Å². The summed E-state index contributed by atoms with van der Waals surface area (Å²) in [7, 11) is 0. The second kappa shape index (κ2) is 7.16. The van der Waals surface area contributed by atoms with E-state index in [1.54, 1.807) is 18.2 Å². The van der Waals surface area contributed by atoms with E-state index in [0.717, 1.165) is 12.8 Å². The summed E-state index contributed by atoms with van der Waals surface area (Å²) in [6.45, 7) is 2.20. The van der Waals surface area contributed by atoms with Crippen LogP contribution in [0.15, 0.2) is 44.3 Å². The molecular weight excluding hydrogens is 426 g/mol. The molecule has 7 nitrogen and oxygen atoms in total. The Morgan fingerprint density at radius 1 is 1.39 bits per heavy atom. The number of amides is 1. The number of halogens is 1. The van der Waals surface area contributed by atoms with Gasteiger partial charge in [0.2, 0.25) is 5.91 Å². The highest BCUT2D eigenvalue weighted by Crippen LogP contribution is 2.66. The zero-order chi connectivity index (χ0) is 19.9. The molecule has 0 spiro atoms. The molecule has 4 rings (SSSR count). The number of nitrogens with one attached hydrogen (secondary N) is 1. The van der Waals surface area contributed by atoms with Crippen molar-refractivity contribution in [2.75, 3.05) is 0 Å². The van der Waals surface area contributed by atoms with E-state index in [4.69, 9.17) is 4.42 Å². The Morgan fingerprint density at radius 3 is 2.89 bits per heavy atom. The molecule has 8 heteroatoms. The Bertz CT molecular complexity index is 970. The topological polar surface area (TPSA) is 97.7 Å². The Labute approximate surface area is 170 Å². The van der Waals surface area contributed by atoms with Gasteiger partial charge in [-0.2, -0.15) is 5.10 Å². The first-order valence-corrected chi connectivity index (χ1v) is 10.1. The quantitative estimate of drug-likeness (QED) is 0.402. The number of carbonyl (C=O) groups excluding carboxylic acids is 1. The fourth-order valence-electron chi connectivity index (χ4n) is 4.46.